The van der Waals surface area contributed by atoms with Gasteiger partial charge in [-0.15, -0.1) is 0 Å². The molecule has 0 aromatic heterocycles. The van der Waals surface area contributed by atoms with Crippen LogP contribution in [0.2, 0.25) is 0 Å². The SMILES string of the molecule is CCC(=O)CCOCCOCCOCCNC. The van der Waals surface area contributed by atoms with Crippen molar-refractivity contribution in [3.63, 3.8) is 0 Å². The number of Topliss-reactive ketones (excluding diaryl/α,β-unsaturated/α-hetero) is 1. The Morgan fingerprint density at radius 3 is 2.00 bits per heavy atom. The Morgan fingerprint density at radius 2 is 1.47 bits per heavy atom. The van der Waals surface area contributed by atoms with Crippen LogP contribution >= 0.6 is 0 Å². The third kappa shape index (κ3) is 13.4. The van der Waals surface area contributed by atoms with Crippen molar-refractivity contribution in [3.8, 4) is 0 Å². The zero-order valence-corrected chi connectivity index (χ0v) is 11.0. The van der Waals surface area contributed by atoms with Crippen LogP contribution in [0.3, 0.4) is 0 Å². The van der Waals surface area contributed by atoms with Gasteiger partial charge in [-0.1, -0.05) is 6.92 Å². The molecule has 0 saturated heterocycles. The number of likely N-dealkylation sites (N-methyl/N-ethyl adjacent to an activating group) is 1. The van der Waals surface area contributed by atoms with Crippen LogP contribution in [-0.4, -0.2) is 59.0 Å². The molecular weight excluding hydrogens is 222 g/mol. The molecule has 0 aromatic carbocycles. The summed E-state index contributed by atoms with van der Waals surface area (Å²) >= 11 is 0. The second-order valence-corrected chi connectivity index (χ2v) is 3.58. The zero-order valence-electron chi connectivity index (χ0n) is 11.0. The van der Waals surface area contributed by atoms with E-state index in [-0.39, 0.29) is 5.78 Å². The highest BCUT2D eigenvalue weighted by Gasteiger charge is 1.97. The molecule has 0 aliphatic carbocycles. The van der Waals surface area contributed by atoms with Crippen molar-refractivity contribution >= 4 is 5.78 Å². The van der Waals surface area contributed by atoms with Gasteiger partial charge in [0.1, 0.15) is 5.78 Å². The van der Waals surface area contributed by atoms with Gasteiger partial charge in [0, 0.05) is 19.4 Å². The number of rotatable bonds is 13. The number of nitrogens with one attached hydrogen (secondary N) is 1. The summed E-state index contributed by atoms with van der Waals surface area (Å²) in [5, 5.41) is 2.99. The fourth-order valence-corrected chi connectivity index (χ4v) is 1.08. The topological polar surface area (TPSA) is 56.8 Å². The van der Waals surface area contributed by atoms with Crippen molar-refractivity contribution in [1.82, 2.24) is 5.32 Å². The monoisotopic (exact) mass is 247 g/mol. The molecule has 0 atom stereocenters. The first-order valence-electron chi connectivity index (χ1n) is 6.20. The summed E-state index contributed by atoms with van der Waals surface area (Å²) in [6.07, 6.45) is 1.09. The Kier molecular flexibility index (Phi) is 13.2. The van der Waals surface area contributed by atoms with Crippen LogP contribution in [0.25, 0.3) is 0 Å². The lowest BCUT2D eigenvalue weighted by Gasteiger charge is -2.06. The normalized spacial score (nSPS) is 10.7. The summed E-state index contributed by atoms with van der Waals surface area (Å²) in [4.78, 5) is 10.9. The molecule has 0 aromatic rings. The van der Waals surface area contributed by atoms with Crippen molar-refractivity contribution < 1.29 is 19.0 Å². The largest absolute Gasteiger partial charge is 0.379 e. The Hall–Kier alpha value is -0.490. The minimum atomic E-state index is 0.240. The molecule has 0 saturated carbocycles. The van der Waals surface area contributed by atoms with Crippen LogP contribution in [0, 0.1) is 0 Å². The number of hydrogen-bond donors (Lipinski definition) is 1. The van der Waals surface area contributed by atoms with Gasteiger partial charge in [0.2, 0.25) is 0 Å². The van der Waals surface area contributed by atoms with Gasteiger partial charge in [-0.2, -0.15) is 0 Å². The predicted octanol–water partition coefficient (Wildman–Crippen LogP) is 0.625. The average Bonchev–Trinajstić information content (AvgIpc) is 2.35. The molecule has 1 N–H and O–H groups in total. The average molecular weight is 247 g/mol. The van der Waals surface area contributed by atoms with Crippen LogP contribution in [0.5, 0.6) is 0 Å². The molecule has 0 spiro atoms. The highest BCUT2D eigenvalue weighted by atomic mass is 16.5. The molecule has 0 fully saturated rings. The van der Waals surface area contributed by atoms with Crippen molar-refractivity contribution in [1.29, 1.82) is 0 Å². The van der Waals surface area contributed by atoms with Gasteiger partial charge in [-0.25, -0.2) is 0 Å². The van der Waals surface area contributed by atoms with E-state index < -0.39 is 0 Å². The molecule has 102 valence electrons. The van der Waals surface area contributed by atoms with Crippen LogP contribution in [0.4, 0.5) is 0 Å². The highest BCUT2D eigenvalue weighted by molar-refractivity contribution is 5.78. The smallest absolute Gasteiger partial charge is 0.134 e. The van der Waals surface area contributed by atoms with Gasteiger partial charge in [-0.05, 0) is 7.05 Å². The van der Waals surface area contributed by atoms with E-state index in [0.717, 1.165) is 6.54 Å². The molecule has 0 rings (SSSR count). The maximum Gasteiger partial charge on any atom is 0.134 e. The minimum Gasteiger partial charge on any atom is -0.379 e. The maximum atomic E-state index is 10.9. The Bertz CT molecular complexity index is 176. The summed E-state index contributed by atoms with van der Waals surface area (Å²) in [7, 11) is 1.89. The first-order valence-corrected chi connectivity index (χ1v) is 6.20. The van der Waals surface area contributed by atoms with Crippen LogP contribution in [0.15, 0.2) is 0 Å². The third-order valence-corrected chi connectivity index (χ3v) is 2.16. The quantitative estimate of drug-likeness (QED) is 0.484. The van der Waals surface area contributed by atoms with Gasteiger partial charge in [0.05, 0.1) is 39.6 Å². The van der Waals surface area contributed by atoms with Crippen molar-refractivity contribution in [2.24, 2.45) is 0 Å². The van der Waals surface area contributed by atoms with Gasteiger partial charge in [-0.3, -0.25) is 4.79 Å². The molecule has 0 amide bonds. The zero-order chi connectivity index (χ0) is 12.8. The first-order chi connectivity index (χ1) is 8.31. The van der Waals surface area contributed by atoms with Crippen molar-refractivity contribution in [2.45, 2.75) is 19.8 Å². The number of carbonyl (C=O) groups excluding carboxylic acids is 1. The fourth-order valence-electron chi connectivity index (χ4n) is 1.08. The first kappa shape index (κ1) is 16.5. The molecule has 0 aliphatic heterocycles. The summed E-state index contributed by atoms with van der Waals surface area (Å²) < 4.78 is 15.8. The lowest BCUT2D eigenvalue weighted by atomic mass is 10.2. The molecule has 0 unspecified atom stereocenters. The van der Waals surface area contributed by atoms with E-state index in [1.807, 2.05) is 14.0 Å². The molecule has 0 bridgehead atoms. The summed E-state index contributed by atoms with van der Waals surface area (Å²) in [6.45, 7) is 6.19. The van der Waals surface area contributed by atoms with Crippen LogP contribution in [0.1, 0.15) is 19.8 Å². The second kappa shape index (κ2) is 13.6. The molecule has 0 radical (unpaired) electrons. The minimum absolute atomic E-state index is 0.240. The van der Waals surface area contributed by atoms with E-state index in [9.17, 15) is 4.79 Å². The number of ketones is 1. The van der Waals surface area contributed by atoms with Crippen molar-refractivity contribution in [3.05, 3.63) is 0 Å². The Morgan fingerprint density at radius 1 is 0.941 bits per heavy atom. The van der Waals surface area contributed by atoms with E-state index >= 15 is 0 Å². The van der Waals surface area contributed by atoms with Gasteiger partial charge in [0.15, 0.2) is 0 Å². The summed E-state index contributed by atoms with van der Waals surface area (Å²) in [5.41, 5.74) is 0. The Balaban J connectivity index is 2.96. The molecule has 17 heavy (non-hydrogen) atoms. The molecular formula is C12H25NO4. The molecule has 5 heteroatoms. The van der Waals surface area contributed by atoms with Crippen LogP contribution in [-0.2, 0) is 19.0 Å². The molecule has 0 heterocycles. The predicted molar refractivity (Wildman–Crippen MR) is 66.3 cm³/mol. The second-order valence-electron chi connectivity index (χ2n) is 3.58. The lowest BCUT2D eigenvalue weighted by molar-refractivity contribution is -0.119. The standard InChI is InChI=1S/C12H25NO4/c1-3-12(14)4-6-15-8-10-17-11-9-16-7-5-13-2/h13H,3-11H2,1-2H3. The van der Waals surface area contributed by atoms with E-state index in [4.69, 9.17) is 14.2 Å². The van der Waals surface area contributed by atoms with Crippen molar-refractivity contribution in [2.75, 3.05) is 53.2 Å². The summed E-state index contributed by atoms with van der Waals surface area (Å²) in [6, 6.07) is 0. The number of ether oxygens (including phenoxy) is 3. The molecule has 0 aliphatic rings. The number of carbonyl (C=O) groups is 1. The maximum absolute atomic E-state index is 10.9. The van der Waals surface area contributed by atoms with E-state index in [1.54, 1.807) is 0 Å². The van der Waals surface area contributed by atoms with E-state index in [2.05, 4.69) is 5.32 Å². The fraction of sp³-hybridized carbons (Fsp3) is 0.917. The third-order valence-electron chi connectivity index (χ3n) is 2.16. The van der Waals surface area contributed by atoms with Gasteiger partial charge < -0.3 is 19.5 Å². The van der Waals surface area contributed by atoms with Crippen LogP contribution < -0.4 is 5.32 Å². The van der Waals surface area contributed by atoms with Gasteiger partial charge in [0.25, 0.3) is 0 Å². The number of hydrogen-bond acceptors (Lipinski definition) is 5. The lowest BCUT2D eigenvalue weighted by Crippen LogP contribution is -2.16. The van der Waals surface area contributed by atoms with E-state index in [1.165, 1.54) is 0 Å². The summed E-state index contributed by atoms with van der Waals surface area (Å²) in [5.74, 6) is 0.240. The Labute approximate surface area is 104 Å². The molecule has 5 nitrogen and oxygen atoms in total. The highest BCUT2D eigenvalue weighted by Crippen LogP contribution is 1.90. The van der Waals surface area contributed by atoms with Gasteiger partial charge >= 0.3 is 0 Å². The van der Waals surface area contributed by atoms with E-state index in [0.29, 0.717) is 52.5 Å².